The molecule has 0 aliphatic carbocycles. The maximum Gasteiger partial charge on any atom is 0.225 e. The number of amides is 1. The zero-order valence-electron chi connectivity index (χ0n) is 20.2. The van der Waals surface area contributed by atoms with E-state index in [4.69, 9.17) is 4.99 Å². The molecule has 34 heavy (non-hydrogen) atoms. The molecule has 1 amide bonds. The fourth-order valence-corrected chi connectivity index (χ4v) is 4.72. The summed E-state index contributed by atoms with van der Waals surface area (Å²) < 4.78 is 0. The predicted molar refractivity (Wildman–Crippen MR) is 151 cm³/mol. The van der Waals surface area contributed by atoms with Crippen molar-refractivity contribution < 1.29 is 4.79 Å². The lowest BCUT2D eigenvalue weighted by Crippen LogP contribution is -2.40. The second-order valence-electron chi connectivity index (χ2n) is 9.12. The number of likely N-dealkylation sites (tertiary alicyclic amines) is 1. The molecule has 184 valence electrons. The summed E-state index contributed by atoms with van der Waals surface area (Å²) in [6, 6.07) is 16.9. The topological polar surface area (TPSA) is 68.8 Å². The molecule has 0 saturated carbocycles. The molecular weight excluding hydrogens is 537 g/mol. The Morgan fingerprint density at radius 2 is 1.71 bits per heavy atom. The molecule has 6 nitrogen and oxygen atoms in total. The Kier molecular flexibility index (Phi) is 10.7. The molecule has 7 heteroatoms. The lowest BCUT2D eigenvalue weighted by molar-refractivity contribution is -0.116. The maximum atomic E-state index is 12.1. The fourth-order valence-electron chi connectivity index (χ4n) is 4.72. The van der Waals surface area contributed by atoms with Gasteiger partial charge in [0.05, 0.1) is 6.54 Å². The minimum atomic E-state index is 0. The van der Waals surface area contributed by atoms with Gasteiger partial charge >= 0.3 is 0 Å². The first kappa shape index (κ1) is 26.5. The molecule has 2 heterocycles. The number of nitrogens with one attached hydrogen (secondary N) is 3. The molecule has 0 radical (unpaired) electrons. The molecule has 1 atom stereocenters. The first-order valence-electron chi connectivity index (χ1n) is 12.4. The van der Waals surface area contributed by atoms with Gasteiger partial charge in [-0.3, -0.25) is 9.69 Å². The van der Waals surface area contributed by atoms with Crippen molar-refractivity contribution in [2.24, 2.45) is 4.99 Å². The van der Waals surface area contributed by atoms with Crippen molar-refractivity contribution in [3.05, 3.63) is 65.2 Å². The molecule has 1 unspecified atom stereocenters. The van der Waals surface area contributed by atoms with Crippen LogP contribution in [0.5, 0.6) is 0 Å². The quantitative estimate of drug-likeness (QED) is 0.251. The Morgan fingerprint density at radius 1 is 1.00 bits per heavy atom. The van der Waals surface area contributed by atoms with Gasteiger partial charge in [0.15, 0.2) is 5.96 Å². The highest BCUT2D eigenvalue weighted by atomic mass is 127. The number of anilines is 1. The van der Waals surface area contributed by atoms with Gasteiger partial charge in [0, 0.05) is 37.7 Å². The van der Waals surface area contributed by atoms with E-state index in [1.165, 1.54) is 55.5 Å². The van der Waals surface area contributed by atoms with Gasteiger partial charge in [0.1, 0.15) is 0 Å². The van der Waals surface area contributed by atoms with Crippen LogP contribution in [-0.2, 0) is 17.9 Å². The number of nitrogens with zero attached hydrogens (tertiary/aromatic N) is 2. The number of halogens is 1. The molecule has 1 saturated heterocycles. The van der Waals surface area contributed by atoms with E-state index in [1.807, 2.05) is 18.2 Å². The zero-order valence-corrected chi connectivity index (χ0v) is 22.5. The number of hydrogen-bond donors (Lipinski definition) is 3. The predicted octanol–water partition coefficient (Wildman–Crippen LogP) is 4.86. The summed E-state index contributed by atoms with van der Waals surface area (Å²) in [6.45, 7) is 7.64. The monoisotopic (exact) mass is 575 g/mol. The summed E-state index contributed by atoms with van der Waals surface area (Å²) in [7, 11) is 0. The summed E-state index contributed by atoms with van der Waals surface area (Å²) in [5.74, 6) is 0.995. The highest BCUT2D eigenvalue weighted by Crippen LogP contribution is 2.31. The van der Waals surface area contributed by atoms with Gasteiger partial charge in [-0.25, -0.2) is 4.99 Å². The average molecular weight is 576 g/mol. The standard InChI is InChI=1S/C27H37N5O.HI/c1-2-28-27(30-19-23-17-26(33)31-25-10-6-5-9-24(23)25)29-18-21-11-13-22(14-12-21)20-32-15-7-3-4-8-16-32;/h5-6,9-14,23H,2-4,7-8,15-20H2,1H3,(H,31,33)(H2,28,29,30);1H. The van der Waals surface area contributed by atoms with Crippen LogP contribution in [0.1, 0.15) is 61.6 Å². The van der Waals surface area contributed by atoms with Crippen LogP contribution in [0.2, 0.25) is 0 Å². The summed E-state index contributed by atoms with van der Waals surface area (Å²) in [5, 5.41) is 9.74. The van der Waals surface area contributed by atoms with Gasteiger partial charge in [0.25, 0.3) is 0 Å². The third kappa shape index (κ3) is 7.70. The first-order chi connectivity index (χ1) is 16.2. The molecule has 3 N–H and O–H groups in total. The molecule has 0 spiro atoms. The number of benzene rings is 2. The second kappa shape index (κ2) is 13.7. The Bertz CT molecular complexity index is 938. The fraction of sp³-hybridized carbons (Fsp3) is 0.481. The van der Waals surface area contributed by atoms with Crippen LogP contribution in [0.3, 0.4) is 0 Å². The number of rotatable bonds is 7. The third-order valence-corrected chi connectivity index (χ3v) is 6.51. The largest absolute Gasteiger partial charge is 0.357 e. The van der Waals surface area contributed by atoms with Gasteiger partial charge in [0.2, 0.25) is 5.91 Å². The molecule has 2 aliphatic rings. The van der Waals surface area contributed by atoms with Crippen LogP contribution in [0.4, 0.5) is 5.69 Å². The zero-order chi connectivity index (χ0) is 22.9. The van der Waals surface area contributed by atoms with Gasteiger partial charge in [-0.1, -0.05) is 55.3 Å². The van der Waals surface area contributed by atoms with Gasteiger partial charge in [-0.2, -0.15) is 0 Å². The number of carbonyl (C=O) groups is 1. The van der Waals surface area contributed by atoms with E-state index < -0.39 is 0 Å². The van der Waals surface area contributed by atoms with E-state index in [-0.39, 0.29) is 35.8 Å². The average Bonchev–Trinajstić information content (AvgIpc) is 3.10. The molecule has 1 fully saturated rings. The third-order valence-electron chi connectivity index (χ3n) is 6.51. The first-order valence-corrected chi connectivity index (χ1v) is 12.4. The van der Waals surface area contributed by atoms with Gasteiger partial charge < -0.3 is 16.0 Å². The Balaban J connectivity index is 0.00000324. The van der Waals surface area contributed by atoms with Crippen LogP contribution < -0.4 is 16.0 Å². The number of fused-ring (bicyclic) bond motifs is 1. The smallest absolute Gasteiger partial charge is 0.225 e. The molecule has 0 bridgehead atoms. The highest BCUT2D eigenvalue weighted by molar-refractivity contribution is 14.0. The van der Waals surface area contributed by atoms with Crippen molar-refractivity contribution in [3.63, 3.8) is 0 Å². The maximum absolute atomic E-state index is 12.1. The molecule has 4 rings (SSSR count). The van der Waals surface area contributed by atoms with Crippen molar-refractivity contribution in [2.45, 2.75) is 58.0 Å². The van der Waals surface area contributed by atoms with E-state index in [2.05, 4.69) is 58.1 Å². The number of guanidine groups is 1. The summed E-state index contributed by atoms with van der Waals surface area (Å²) in [4.78, 5) is 19.5. The summed E-state index contributed by atoms with van der Waals surface area (Å²) in [5.41, 5.74) is 4.68. The van der Waals surface area contributed by atoms with Crippen molar-refractivity contribution >= 4 is 41.5 Å². The lowest BCUT2D eigenvalue weighted by atomic mass is 9.90. The molecule has 2 aromatic carbocycles. The molecule has 0 aromatic heterocycles. The van der Waals surface area contributed by atoms with Crippen LogP contribution in [0.15, 0.2) is 53.5 Å². The van der Waals surface area contributed by atoms with E-state index in [1.54, 1.807) is 0 Å². The summed E-state index contributed by atoms with van der Waals surface area (Å²) >= 11 is 0. The van der Waals surface area contributed by atoms with E-state index in [0.29, 0.717) is 19.5 Å². The highest BCUT2D eigenvalue weighted by Gasteiger charge is 2.24. The van der Waals surface area contributed by atoms with Crippen molar-refractivity contribution in [1.82, 2.24) is 15.5 Å². The number of aliphatic imine (C=N–C) groups is 1. The Labute approximate surface area is 221 Å². The number of hydrogen-bond acceptors (Lipinski definition) is 3. The minimum Gasteiger partial charge on any atom is -0.357 e. The van der Waals surface area contributed by atoms with E-state index in [9.17, 15) is 4.79 Å². The van der Waals surface area contributed by atoms with Crippen molar-refractivity contribution in [1.29, 1.82) is 0 Å². The van der Waals surface area contributed by atoms with E-state index in [0.717, 1.165) is 24.7 Å². The van der Waals surface area contributed by atoms with Gasteiger partial charge in [-0.15, -0.1) is 24.0 Å². The van der Waals surface area contributed by atoms with Crippen LogP contribution in [-0.4, -0.2) is 42.9 Å². The number of para-hydroxylation sites is 1. The van der Waals surface area contributed by atoms with Crippen molar-refractivity contribution in [2.75, 3.05) is 31.5 Å². The Morgan fingerprint density at radius 3 is 2.44 bits per heavy atom. The molecule has 2 aromatic rings. The molecular formula is C27H38IN5O. The second-order valence-corrected chi connectivity index (χ2v) is 9.12. The number of carbonyl (C=O) groups excluding carboxylic acids is 1. The lowest BCUT2D eigenvalue weighted by Gasteiger charge is -2.26. The SMILES string of the molecule is CCNC(=NCc1ccc(CN2CCCCCC2)cc1)NCC1CC(=O)Nc2ccccc21.I. The summed E-state index contributed by atoms with van der Waals surface area (Å²) in [6.07, 6.45) is 5.88. The van der Waals surface area contributed by atoms with Crippen LogP contribution in [0.25, 0.3) is 0 Å². The van der Waals surface area contributed by atoms with Crippen LogP contribution in [0, 0.1) is 0 Å². The van der Waals surface area contributed by atoms with Gasteiger partial charge in [-0.05, 0) is 55.6 Å². The van der Waals surface area contributed by atoms with E-state index >= 15 is 0 Å². The Hall–Kier alpha value is -2.13. The minimum absolute atomic E-state index is 0. The van der Waals surface area contributed by atoms with Crippen LogP contribution >= 0.6 is 24.0 Å². The normalized spacial score (nSPS) is 18.8. The molecule has 2 aliphatic heterocycles. The van der Waals surface area contributed by atoms with Crippen molar-refractivity contribution in [3.8, 4) is 0 Å².